The van der Waals surface area contributed by atoms with Gasteiger partial charge in [0.2, 0.25) is 0 Å². The Labute approximate surface area is 402 Å². The number of carbonyl (C=O) groups excluding carboxylic acids is 2. The van der Waals surface area contributed by atoms with Crippen LogP contribution in [-0.2, 0) is 57.0 Å². The van der Waals surface area contributed by atoms with E-state index in [0.717, 1.165) is 37.7 Å². The number of aliphatic hydroxyl groups excluding tert-OH is 7. The first kappa shape index (κ1) is 51.9. The first-order valence-electron chi connectivity index (χ1n) is 25.3. The Morgan fingerprint density at radius 2 is 1.33 bits per heavy atom. The highest BCUT2D eigenvalue weighted by atomic mass is 16.8. The van der Waals surface area contributed by atoms with Gasteiger partial charge in [-0.25, -0.2) is 4.79 Å². The van der Waals surface area contributed by atoms with Crippen LogP contribution in [0.25, 0.3) is 0 Å². The van der Waals surface area contributed by atoms with Crippen molar-refractivity contribution in [2.24, 2.45) is 34.5 Å². The summed E-state index contributed by atoms with van der Waals surface area (Å²) >= 11 is 0. The van der Waals surface area contributed by atoms with Gasteiger partial charge in [-0.1, -0.05) is 13.8 Å². The Morgan fingerprint density at radius 1 is 0.710 bits per heavy atom. The predicted molar refractivity (Wildman–Crippen MR) is 235 cm³/mol. The number of hydrogen-bond donors (Lipinski definition) is 8. The van der Waals surface area contributed by atoms with Crippen molar-refractivity contribution >= 4 is 11.9 Å². The van der Waals surface area contributed by atoms with E-state index >= 15 is 0 Å². The van der Waals surface area contributed by atoms with Crippen molar-refractivity contribution in [3.8, 4) is 0 Å². The molecule has 0 unspecified atom stereocenters. The zero-order valence-electron chi connectivity index (χ0n) is 40.5. The molecule has 5 aliphatic heterocycles. The lowest BCUT2D eigenvalue weighted by Crippen LogP contribution is -2.67. The molecule has 9 aliphatic rings. The van der Waals surface area contributed by atoms with Crippen LogP contribution < -0.4 is 0 Å². The van der Waals surface area contributed by atoms with Crippen molar-refractivity contribution in [1.82, 2.24) is 0 Å². The van der Waals surface area contributed by atoms with Crippen LogP contribution in [0.4, 0.5) is 0 Å². The molecular weight excluding hydrogens is 909 g/mol. The number of aliphatic hydroxyl groups is 8. The quantitative estimate of drug-likeness (QED) is 0.104. The molecule has 20 nitrogen and oxygen atoms in total. The number of esters is 2. The van der Waals surface area contributed by atoms with Crippen molar-refractivity contribution < 1.29 is 97.8 Å². The summed E-state index contributed by atoms with van der Waals surface area (Å²) < 4.78 is 60.1. The van der Waals surface area contributed by atoms with Crippen LogP contribution in [0.1, 0.15) is 112 Å². The molecule has 0 bridgehead atoms. The fraction of sp³-hybridized carbons (Fsp3) is 0.918. The summed E-state index contributed by atoms with van der Waals surface area (Å²) in [5, 5.41) is 88.1. The number of hydrogen-bond acceptors (Lipinski definition) is 20. The van der Waals surface area contributed by atoms with Crippen molar-refractivity contribution in [2.45, 2.75) is 234 Å². The fourth-order valence-electron chi connectivity index (χ4n) is 14.6. The van der Waals surface area contributed by atoms with E-state index in [2.05, 4.69) is 6.92 Å². The smallest absolute Gasteiger partial charge is 0.331 e. The molecule has 0 spiro atoms. The van der Waals surface area contributed by atoms with Crippen molar-refractivity contribution in [1.29, 1.82) is 0 Å². The summed E-state index contributed by atoms with van der Waals surface area (Å²) in [7, 11) is 0. The molecule has 0 amide bonds. The van der Waals surface area contributed by atoms with Gasteiger partial charge in [-0.05, 0) is 107 Å². The van der Waals surface area contributed by atoms with E-state index in [4.69, 9.17) is 47.4 Å². The number of rotatable bonds is 11. The SMILES string of the molecule is CC(=O)O[C@H]1C[C@H](O[C@@H]2[C@@H](O)C[C@H](O[C@@H]3[C@@H](O)C[C@H](O[C@H]4CC[C@@]5(C)[C@@H](CC[C@@H]6[C@H]5C[C@@H](O)[C@]5(C)[C@@H](C7=CC(=O)OC7)CC[C@]65O)C4)O[C@@H]3C)O[C@@H]2C)O[C@H](C)[C@H]1O[C@H]1O[C@H](CO)[C@@H](O)[C@H](O)[C@H]1O. The second-order valence-corrected chi connectivity index (χ2v) is 22.2. The highest BCUT2D eigenvalue weighted by molar-refractivity contribution is 5.85. The number of ether oxygens (including phenoxy) is 10. The van der Waals surface area contributed by atoms with E-state index < -0.39 is 134 Å². The molecule has 4 saturated heterocycles. The van der Waals surface area contributed by atoms with Gasteiger partial charge in [0.05, 0.1) is 54.9 Å². The molecule has 8 N–H and O–H groups in total. The Kier molecular flexibility index (Phi) is 15.1. The molecule has 4 saturated carbocycles. The van der Waals surface area contributed by atoms with E-state index in [9.17, 15) is 50.4 Å². The van der Waals surface area contributed by atoms with E-state index in [0.29, 0.717) is 25.2 Å². The second kappa shape index (κ2) is 20.0. The van der Waals surface area contributed by atoms with Crippen molar-refractivity contribution in [3.63, 3.8) is 0 Å². The molecule has 0 aromatic carbocycles. The van der Waals surface area contributed by atoms with E-state index in [1.54, 1.807) is 26.8 Å². The first-order chi connectivity index (χ1) is 32.6. The number of carbonyl (C=O) groups is 2. The Bertz CT molecular complexity index is 1850. The third kappa shape index (κ3) is 9.48. The average Bonchev–Trinajstić information content (AvgIpc) is 3.84. The topological polar surface area (TPSA) is 288 Å². The highest BCUT2D eigenvalue weighted by Gasteiger charge is 2.71. The first-order valence-corrected chi connectivity index (χ1v) is 25.3. The van der Waals surface area contributed by atoms with Gasteiger partial charge in [-0.15, -0.1) is 0 Å². The largest absolute Gasteiger partial charge is 0.459 e. The minimum atomic E-state index is -1.69. The second-order valence-electron chi connectivity index (χ2n) is 22.2. The molecular formula is C49H76O20. The third-order valence-corrected chi connectivity index (χ3v) is 18.4. The van der Waals surface area contributed by atoms with Crippen LogP contribution in [0.5, 0.6) is 0 Å². The summed E-state index contributed by atoms with van der Waals surface area (Å²) in [6.07, 6.45) is -11.1. The summed E-state index contributed by atoms with van der Waals surface area (Å²) in [5.74, 6) is -0.580. The average molecular weight is 985 g/mol. The standard InChI is InChI=1S/C49H76O20/c1-21-43(67-38-17-32(53)44(22(2)62-38)68-39-18-33(64-24(4)51)45(23(3)63-39)69-46-42(58)41(57)40(56)34(19-50)66-46)31(52)16-37(61-21)65-27-9-11-47(5)26(14-27)7-8-29-30(47)15-35(54)48(6)28(10-12-49(29,48)59)25-13-36(55)60-20-25/h13,21-23,26-35,37-46,50,52-54,56-59H,7-12,14-20H2,1-6H3/t21-,22-,23-,26+,27+,28-,29-,30-,31+,32+,33+,34-,35-,37+,38+,39+,40-,41+,42-,43+,44+,45-,46-,47+,48+,49+/m1/s1. The van der Waals surface area contributed by atoms with Gasteiger partial charge in [-0.3, -0.25) is 4.79 Å². The van der Waals surface area contributed by atoms with E-state index in [1.165, 1.54) is 6.92 Å². The molecule has 8 fully saturated rings. The normalized spacial score (nSPS) is 53.3. The number of cyclic esters (lactones) is 1. The predicted octanol–water partition coefficient (Wildman–Crippen LogP) is 0.613. The minimum absolute atomic E-state index is 0.00421. The van der Waals surface area contributed by atoms with Crippen LogP contribution >= 0.6 is 0 Å². The zero-order chi connectivity index (χ0) is 49.5. The van der Waals surface area contributed by atoms with Gasteiger partial charge in [0.25, 0.3) is 0 Å². The molecule has 392 valence electrons. The molecule has 20 heteroatoms. The van der Waals surface area contributed by atoms with Crippen LogP contribution in [0.3, 0.4) is 0 Å². The van der Waals surface area contributed by atoms with Crippen LogP contribution in [0.15, 0.2) is 11.6 Å². The molecule has 5 heterocycles. The molecule has 0 aromatic heterocycles. The molecule has 0 radical (unpaired) electrons. The highest BCUT2D eigenvalue weighted by Crippen LogP contribution is 2.70. The van der Waals surface area contributed by atoms with Crippen molar-refractivity contribution in [2.75, 3.05) is 13.2 Å². The molecule has 69 heavy (non-hydrogen) atoms. The van der Waals surface area contributed by atoms with E-state index in [1.807, 2.05) is 6.92 Å². The van der Waals surface area contributed by atoms with E-state index in [-0.39, 0.29) is 61.1 Å². The van der Waals surface area contributed by atoms with Gasteiger partial charge < -0.3 is 88.2 Å². The molecule has 4 aliphatic carbocycles. The molecule has 0 aromatic rings. The van der Waals surface area contributed by atoms with Gasteiger partial charge >= 0.3 is 11.9 Å². The van der Waals surface area contributed by atoms with Gasteiger partial charge in [-0.2, -0.15) is 0 Å². The van der Waals surface area contributed by atoms with Gasteiger partial charge in [0.1, 0.15) is 55.4 Å². The maximum absolute atomic E-state index is 12.6. The zero-order valence-corrected chi connectivity index (χ0v) is 40.5. The maximum atomic E-state index is 12.6. The summed E-state index contributed by atoms with van der Waals surface area (Å²) in [6, 6.07) is 0. The van der Waals surface area contributed by atoms with Crippen LogP contribution in [0.2, 0.25) is 0 Å². The van der Waals surface area contributed by atoms with Crippen LogP contribution in [-0.4, -0.2) is 188 Å². The monoisotopic (exact) mass is 984 g/mol. The summed E-state index contributed by atoms with van der Waals surface area (Å²) in [5.41, 5.74) is -1.01. The summed E-state index contributed by atoms with van der Waals surface area (Å²) in [6.45, 7) is 10.3. The number of fused-ring (bicyclic) bond motifs is 5. The fourth-order valence-corrected chi connectivity index (χ4v) is 14.6. The van der Waals surface area contributed by atoms with Crippen LogP contribution in [0, 0.1) is 34.5 Å². The molecule has 26 atom stereocenters. The lowest BCUT2D eigenvalue weighted by atomic mass is 9.42. The van der Waals surface area contributed by atoms with Gasteiger partial charge in [0, 0.05) is 37.7 Å². The Balaban J connectivity index is 0.752. The lowest BCUT2D eigenvalue weighted by molar-refractivity contribution is -0.355. The van der Waals surface area contributed by atoms with Gasteiger partial charge in [0.15, 0.2) is 25.2 Å². The Hall–Kier alpha value is -1.96. The molecule has 9 rings (SSSR count). The maximum Gasteiger partial charge on any atom is 0.331 e. The summed E-state index contributed by atoms with van der Waals surface area (Å²) in [4.78, 5) is 24.2. The lowest BCUT2D eigenvalue weighted by Gasteiger charge is -2.65. The Morgan fingerprint density at radius 3 is 1.93 bits per heavy atom. The third-order valence-electron chi connectivity index (χ3n) is 18.4. The van der Waals surface area contributed by atoms with Crippen molar-refractivity contribution in [3.05, 3.63) is 11.6 Å². The minimum Gasteiger partial charge on any atom is -0.459 e.